The fourth-order valence-corrected chi connectivity index (χ4v) is 3.18. The Morgan fingerprint density at radius 2 is 1.81 bits per heavy atom. The molecule has 3 heteroatoms. The van der Waals surface area contributed by atoms with Crippen LogP contribution in [0.1, 0.15) is 70.9 Å². The van der Waals surface area contributed by atoms with Gasteiger partial charge in [0.25, 0.3) is 5.91 Å². The lowest BCUT2D eigenvalue weighted by Gasteiger charge is -2.19. The van der Waals surface area contributed by atoms with E-state index in [2.05, 4.69) is 63.4 Å². The van der Waals surface area contributed by atoms with Gasteiger partial charge in [0, 0.05) is 5.57 Å². The molecule has 0 saturated carbocycles. The Hall–Kier alpha value is -1.87. The number of carbonyl (C=O) groups excluding carboxylic acids is 1. The van der Waals surface area contributed by atoms with Crippen molar-refractivity contribution >= 4 is 5.91 Å². The maximum Gasteiger partial charge on any atom is 0.252 e. The third kappa shape index (κ3) is 7.17. The Morgan fingerprint density at radius 3 is 2.35 bits per heavy atom. The van der Waals surface area contributed by atoms with Crippen LogP contribution in [0.15, 0.2) is 47.1 Å². The number of nitrogens with two attached hydrogens (primary N) is 1. The van der Waals surface area contributed by atoms with Crippen molar-refractivity contribution in [3.8, 4) is 0 Å². The van der Waals surface area contributed by atoms with Gasteiger partial charge in [0.2, 0.25) is 0 Å². The number of hydrogen-bond donors (Lipinski definition) is 2. The summed E-state index contributed by atoms with van der Waals surface area (Å²) in [4.78, 5) is 12.9. The first-order valence-corrected chi connectivity index (χ1v) is 9.90. The Balaban J connectivity index is 2.97. The van der Waals surface area contributed by atoms with Crippen molar-refractivity contribution in [3.63, 3.8) is 0 Å². The van der Waals surface area contributed by atoms with E-state index in [-0.39, 0.29) is 12.1 Å². The molecule has 26 heavy (non-hydrogen) atoms. The molecule has 1 amide bonds. The summed E-state index contributed by atoms with van der Waals surface area (Å²) in [6.07, 6.45) is 7.27. The number of hydrogen-bond acceptors (Lipinski definition) is 2. The number of allylic oxidation sites excluding steroid dienone is 2. The summed E-state index contributed by atoms with van der Waals surface area (Å²) in [6.45, 7) is 10.4. The van der Waals surface area contributed by atoms with Gasteiger partial charge >= 0.3 is 0 Å². The van der Waals surface area contributed by atoms with Crippen LogP contribution in [0.4, 0.5) is 0 Å². The van der Waals surface area contributed by atoms with Gasteiger partial charge in [0.1, 0.15) is 0 Å². The highest BCUT2D eigenvalue weighted by molar-refractivity contribution is 5.98. The highest BCUT2D eigenvalue weighted by atomic mass is 16.1. The third-order valence-electron chi connectivity index (χ3n) is 4.67. The van der Waals surface area contributed by atoms with Crippen LogP contribution in [0.5, 0.6) is 0 Å². The molecule has 3 nitrogen and oxygen atoms in total. The molecule has 0 aliphatic heterocycles. The van der Waals surface area contributed by atoms with Gasteiger partial charge < -0.3 is 11.1 Å². The molecule has 1 rings (SSSR count). The van der Waals surface area contributed by atoms with E-state index < -0.39 is 0 Å². The van der Waals surface area contributed by atoms with E-state index in [1.807, 2.05) is 6.92 Å². The maximum absolute atomic E-state index is 12.9. The molecule has 1 aromatic rings. The van der Waals surface area contributed by atoms with Crippen molar-refractivity contribution in [1.82, 2.24) is 5.32 Å². The molecule has 1 atom stereocenters. The minimum atomic E-state index is -0.285. The lowest BCUT2D eigenvalue weighted by molar-refractivity contribution is -0.118. The first-order valence-electron chi connectivity index (χ1n) is 9.90. The molecular weight excluding hydrogens is 320 g/mol. The molecule has 0 fully saturated rings. The molecule has 0 aliphatic rings. The summed E-state index contributed by atoms with van der Waals surface area (Å²) in [5, 5.41) is 2.98. The number of aryl methyl sites for hydroxylation is 2. The second-order valence-electron chi connectivity index (χ2n) is 7.07. The number of rotatable bonds is 10. The molecule has 0 spiro atoms. The predicted octanol–water partition coefficient (Wildman–Crippen LogP) is 5.19. The summed E-state index contributed by atoms with van der Waals surface area (Å²) in [5.74, 6) is -0.0334. The summed E-state index contributed by atoms with van der Waals surface area (Å²) in [5.41, 5.74) is 11.7. The highest BCUT2D eigenvalue weighted by Gasteiger charge is 2.18. The molecule has 0 saturated heterocycles. The van der Waals surface area contributed by atoms with Gasteiger partial charge in [0.05, 0.1) is 6.17 Å². The molecule has 0 heterocycles. The monoisotopic (exact) mass is 356 g/mol. The van der Waals surface area contributed by atoms with Crippen LogP contribution in [0.2, 0.25) is 0 Å². The lowest BCUT2D eigenvalue weighted by Crippen LogP contribution is -2.42. The average molecular weight is 357 g/mol. The Labute approximate surface area is 159 Å². The normalized spacial score (nSPS) is 14.0. The molecule has 0 bridgehead atoms. The average Bonchev–Trinajstić information content (AvgIpc) is 2.60. The minimum absolute atomic E-state index is 0.0334. The molecule has 3 N–H and O–H groups in total. The van der Waals surface area contributed by atoms with Crippen LogP contribution >= 0.6 is 0 Å². The van der Waals surface area contributed by atoms with Gasteiger partial charge in [-0.2, -0.15) is 0 Å². The van der Waals surface area contributed by atoms with Gasteiger partial charge in [-0.05, 0) is 57.6 Å². The zero-order chi connectivity index (χ0) is 19.5. The van der Waals surface area contributed by atoms with Crippen molar-refractivity contribution in [2.75, 3.05) is 0 Å². The number of amides is 1. The molecule has 1 unspecified atom stereocenters. The Bertz CT molecular complexity index is 626. The smallest absolute Gasteiger partial charge is 0.252 e. The van der Waals surface area contributed by atoms with Crippen LogP contribution in [-0.2, 0) is 11.2 Å². The van der Waals surface area contributed by atoms with Gasteiger partial charge in [-0.1, -0.05) is 68.2 Å². The minimum Gasteiger partial charge on any atom is -0.337 e. The first kappa shape index (κ1) is 22.2. The summed E-state index contributed by atoms with van der Waals surface area (Å²) in [6, 6.07) is 8.62. The second kappa shape index (κ2) is 11.7. The van der Waals surface area contributed by atoms with Crippen LogP contribution in [-0.4, -0.2) is 12.1 Å². The van der Waals surface area contributed by atoms with Crippen LogP contribution < -0.4 is 11.1 Å². The SMILES string of the molecule is C/C=C(CCc1ccc(C)cc1)\C(C(=O)NC(N)CCC)=C(\C)CCC. The fraction of sp³-hybridized carbons (Fsp3) is 0.522. The van der Waals surface area contributed by atoms with Crippen LogP contribution in [0.3, 0.4) is 0 Å². The van der Waals surface area contributed by atoms with E-state index in [1.165, 1.54) is 11.1 Å². The van der Waals surface area contributed by atoms with Crippen LogP contribution in [0, 0.1) is 6.92 Å². The van der Waals surface area contributed by atoms with Crippen molar-refractivity contribution in [3.05, 3.63) is 58.2 Å². The standard InChI is InChI=1S/C23H36N2O/c1-6-9-18(5)22(23(26)25-21(24)10-7-2)20(8-3)16-15-19-13-11-17(4)12-14-19/h8,11-14,21H,6-7,9-10,15-16,24H2,1-5H3,(H,25,26)/b20-8-,22-18+. The predicted molar refractivity (Wildman–Crippen MR) is 112 cm³/mol. The van der Waals surface area contributed by atoms with E-state index in [0.717, 1.165) is 55.2 Å². The number of nitrogens with one attached hydrogen (secondary N) is 1. The molecular formula is C23H36N2O. The summed E-state index contributed by atoms with van der Waals surface area (Å²) < 4.78 is 0. The van der Waals surface area contributed by atoms with E-state index in [1.54, 1.807) is 0 Å². The van der Waals surface area contributed by atoms with Crippen LogP contribution in [0.25, 0.3) is 0 Å². The van der Waals surface area contributed by atoms with Gasteiger partial charge in [-0.3, -0.25) is 4.79 Å². The first-order chi connectivity index (χ1) is 12.4. The van der Waals surface area contributed by atoms with Gasteiger partial charge in [0.15, 0.2) is 0 Å². The van der Waals surface area contributed by atoms with E-state index in [4.69, 9.17) is 5.73 Å². The number of carbonyl (C=O) groups is 1. The van der Waals surface area contributed by atoms with E-state index in [0.29, 0.717) is 0 Å². The van der Waals surface area contributed by atoms with Gasteiger partial charge in [-0.25, -0.2) is 0 Å². The Morgan fingerprint density at radius 1 is 1.15 bits per heavy atom. The lowest BCUT2D eigenvalue weighted by atomic mass is 9.92. The third-order valence-corrected chi connectivity index (χ3v) is 4.67. The zero-order valence-corrected chi connectivity index (χ0v) is 17.2. The van der Waals surface area contributed by atoms with E-state index in [9.17, 15) is 4.79 Å². The van der Waals surface area contributed by atoms with E-state index >= 15 is 0 Å². The van der Waals surface area contributed by atoms with Crippen molar-refractivity contribution in [1.29, 1.82) is 0 Å². The van der Waals surface area contributed by atoms with Crippen molar-refractivity contribution in [2.24, 2.45) is 5.73 Å². The molecule has 144 valence electrons. The van der Waals surface area contributed by atoms with Crippen molar-refractivity contribution in [2.45, 2.75) is 79.3 Å². The molecule has 1 aromatic carbocycles. The largest absolute Gasteiger partial charge is 0.337 e. The molecule has 0 aromatic heterocycles. The topological polar surface area (TPSA) is 55.1 Å². The zero-order valence-electron chi connectivity index (χ0n) is 17.2. The quantitative estimate of drug-likeness (QED) is 0.344. The Kier molecular flexibility index (Phi) is 9.97. The summed E-state index contributed by atoms with van der Waals surface area (Å²) in [7, 11) is 0. The van der Waals surface area contributed by atoms with Crippen molar-refractivity contribution < 1.29 is 4.79 Å². The summed E-state index contributed by atoms with van der Waals surface area (Å²) >= 11 is 0. The van der Waals surface area contributed by atoms with Gasteiger partial charge in [-0.15, -0.1) is 0 Å². The fourth-order valence-electron chi connectivity index (χ4n) is 3.18. The maximum atomic E-state index is 12.9. The number of benzene rings is 1. The molecule has 0 radical (unpaired) electrons. The highest BCUT2D eigenvalue weighted by Crippen LogP contribution is 2.24. The second-order valence-corrected chi connectivity index (χ2v) is 7.07. The molecule has 0 aliphatic carbocycles.